The van der Waals surface area contributed by atoms with Crippen molar-refractivity contribution in [3.63, 3.8) is 0 Å². The average Bonchev–Trinajstić information content (AvgIpc) is 3.41. The fourth-order valence-electron chi connectivity index (χ4n) is 6.81. The number of hydrogen-bond acceptors (Lipinski definition) is 4. The molecule has 3 aliphatic carbocycles. The zero-order valence-electron chi connectivity index (χ0n) is 17.6. The van der Waals surface area contributed by atoms with Gasteiger partial charge in [0.25, 0.3) is 0 Å². The van der Waals surface area contributed by atoms with Crippen LogP contribution in [0.25, 0.3) is 0 Å². The quantitative estimate of drug-likeness (QED) is 0.574. The summed E-state index contributed by atoms with van der Waals surface area (Å²) < 4.78 is 10.9. The second-order valence-electron chi connectivity index (χ2n) is 9.03. The smallest absolute Gasteiger partial charge is 0.238 e. The number of amides is 2. The van der Waals surface area contributed by atoms with Gasteiger partial charge in [-0.1, -0.05) is 55.5 Å². The fourth-order valence-corrected chi connectivity index (χ4v) is 6.81. The standard InChI is InChI=1S/C27H21NO4/c1-2-27-18-9-5-3-7-16(18)22(17-8-4-6-10-19(17)27)23-24(27)26(30)28(25(23)29)15-11-12-20-21(13-15)32-14-31-20/h3-13,22-24H,2,14H2,1H3/t22?,23-,24-,27?/m0/s1. The van der Waals surface area contributed by atoms with Crippen molar-refractivity contribution in [2.45, 2.75) is 24.7 Å². The van der Waals surface area contributed by atoms with Crippen molar-refractivity contribution in [2.24, 2.45) is 11.8 Å². The summed E-state index contributed by atoms with van der Waals surface area (Å²) in [5.74, 6) is 0.0301. The normalized spacial score (nSPS) is 28.5. The topological polar surface area (TPSA) is 55.8 Å². The lowest BCUT2D eigenvalue weighted by atomic mass is 9.46. The van der Waals surface area contributed by atoms with Crippen LogP contribution in [-0.2, 0) is 15.0 Å². The highest BCUT2D eigenvalue weighted by Gasteiger charge is 2.67. The predicted octanol–water partition coefficient (Wildman–Crippen LogP) is 4.38. The molecule has 5 aliphatic rings. The van der Waals surface area contributed by atoms with Crippen LogP contribution < -0.4 is 14.4 Å². The van der Waals surface area contributed by atoms with Crippen LogP contribution in [0.4, 0.5) is 5.69 Å². The molecule has 0 spiro atoms. The van der Waals surface area contributed by atoms with E-state index in [2.05, 4.69) is 31.2 Å². The molecule has 0 aromatic heterocycles. The molecule has 0 N–H and O–H groups in total. The van der Waals surface area contributed by atoms with Crippen LogP contribution in [0.15, 0.2) is 66.7 Å². The van der Waals surface area contributed by atoms with Crippen LogP contribution in [0.2, 0.25) is 0 Å². The summed E-state index contributed by atoms with van der Waals surface area (Å²) in [7, 11) is 0. The highest BCUT2D eigenvalue weighted by atomic mass is 16.7. The van der Waals surface area contributed by atoms with E-state index in [9.17, 15) is 9.59 Å². The Morgan fingerprint density at radius 2 is 1.53 bits per heavy atom. The molecule has 5 nitrogen and oxygen atoms in total. The molecule has 32 heavy (non-hydrogen) atoms. The highest BCUT2D eigenvalue weighted by Crippen LogP contribution is 2.65. The van der Waals surface area contributed by atoms with Gasteiger partial charge in [-0.05, 0) is 40.8 Å². The molecule has 3 aromatic rings. The first-order valence-electron chi connectivity index (χ1n) is 11.1. The fraction of sp³-hybridized carbons (Fsp3) is 0.259. The summed E-state index contributed by atoms with van der Waals surface area (Å²) in [6.07, 6.45) is 0.753. The number of rotatable bonds is 2. The van der Waals surface area contributed by atoms with Crippen LogP contribution in [0.5, 0.6) is 11.5 Å². The van der Waals surface area contributed by atoms with Gasteiger partial charge in [-0.2, -0.15) is 0 Å². The number of benzene rings is 3. The molecule has 1 fully saturated rings. The minimum absolute atomic E-state index is 0.115. The maximum atomic E-state index is 14.1. The van der Waals surface area contributed by atoms with Crippen molar-refractivity contribution in [1.29, 1.82) is 0 Å². The van der Waals surface area contributed by atoms with Gasteiger partial charge in [0.1, 0.15) is 0 Å². The van der Waals surface area contributed by atoms with Crippen molar-refractivity contribution in [3.05, 3.63) is 89.0 Å². The van der Waals surface area contributed by atoms with E-state index in [4.69, 9.17) is 9.47 Å². The van der Waals surface area contributed by atoms with Crippen LogP contribution in [0.3, 0.4) is 0 Å². The lowest BCUT2D eigenvalue weighted by Gasteiger charge is -2.54. The molecule has 2 heterocycles. The van der Waals surface area contributed by atoms with Crippen molar-refractivity contribution in [1.82, 2.24) is 0 Å². The Bertz CT molecular complexity index is 1280. The molecule has 1 saturated heterocycles. The molecule has 5 heteroatoms. The average molecular weight is 423 g/mol. The first kappa shape index (κ1) is 18.0. The van der Waals surface area contributed by atoms with Crippen molar-refractivity contribution < 1.29 is 19.1 Å². The zero-order valence-corrected chi connectivity index (χ0v) is 17.6. The minimum Gasteiger partial charge on any atom is -0.454 e. The van der Waals surface area contributed by atoms with E-state index in [1.807, 2.05) is 24.3 Å². The largest absolute Gasteiger partial charge is 0.454 e. The van der Waals surface area contributed by atoms with Gasteiger partial charge in [-0.25, -0.2) is 4.90 Å². The summed E-state index contributed by atoms with van der Waals surface area (Å²) in [4.78, 5) is 29.4. The number of anilines is 1. The molecule has 158 valence electrons. The van der Waals surface area contributed by atoms with Crippen molar-refractivity contribution in [3.8, 4) is 11.5 Å². The Labute approximate surface area is 185 Å². The molecule has 8 rings (SSSR count). The molecular formula is C27H21NO4. The second-order valence-corrected chi connectivity index (χ2v) is 9.03. The molecule has 2 atom stereocenters. The Balaban J connectivity index is 1.47. The molecule has 0 unspecified atom stereocenters. The van der Waals surface area contributed by atoms with Gasteiger partial charge in [-0.3, -0.25) is 9.59 Å². The Morgan fingerprint density at radius 1 is 0.875 bits per heavy atom. The number of carbonyl (C=O) groups excluding carboxylic acids is 2. The van der Waals surface area contributed by atoms with Gasteiger partial charge in [0.2, 0.25) is 18.6 Å². The van der Waals surface area contributed by atoms with E-state index in [0.717, 1.165) is 6.42 Å². The molecule has 0 radical (unpaired) electrons. The van der Waals surface area contributed by atoms with Crippen LogP contribution in [-0.4, -0.2) is 18.6 Å². The van der Waals surface area contributed by atoms with Gasteiger partial charge in [0.15, 0.2) is 11.5 Å². The lowest BCUT2D eigenvalue weighted by molar-refractivity contribution is -0.123. The van der Waals surface area contributed by atoms with E-state index in [0.29, 0.717) is 17.2 Å². The molecule has 0 saturated carbocycles. The first-order valence-corrected chi connectivity index (χ1v) is 11.1. The monoisotopic (exact) mass is 423 g/mol. The Kier molecular flexibility index (Phi) is 3.38. The van der Waals surface area contributed by atoms with Gasteiger partial charge in [-0.15, -0.1) is 0 Å². The summed E-state index contributed by atoms with van der Waals surface area (Å²) >= 11 is 0. The van der Waals surface area contributed by atoms with E-state index in [1.54, 1.807) is 18.2 Å². The minimum atomic E-state index is -0.509. The van der Waals surface area contributed by atoms with Crippen LogP contribution >= 0.6 is 0 Å². The highest BCUT2D eigenvalue weighted by molar-refractivity contribution is 6.23. The summed E-state index contributed by atoms with van der Waals surface area (Å²) in [6.45, 7) is 2.29. The van der Waals surface area contributed by atoms with Gasteiger partial charge >= 0.3 is 0 Å². The number of carbonyl (C=O) groups is 2. The van der Waals surface area contributed by atoms with Crippen molar-refractivity contribution >= 4 is 17.5 Å². The van der Waals surface area contributed by atoms with Crippen LogP contribution in [0.1, 0.15) is 41.5 Å². The Hall–Kier alpha value is -3.60. The van der Waals surface area contributed by atoms with Crippen molar-refractivity contribution in [2.75, 3.05) is 11.7 Å². The van der Waals surface area contributed by atoms with E-state index >= 15 is 0 Å². The molecule has 2 bridgehead atoms. The second kappa shape index (κ2) is 6.00. The number of hydrogen-bond donors (Lipinski definition) is 0. The number of ether oxygens (including phenoxy) is 2. The SMILES string of the molecule is CCC12c3ccccc3C(c3ccccc31)[C@@H]1C(=O)N(c3ccc4c(c3)OCO4)C(=O)[C@H]12. The summed E-state index contributed by atoms with van der Waals surface area (Å²) in [6, 6.07) is 22.0. The third-order valence-corrected chi connectivity index (χ3v) is 7.97. The lowest BCUT2D eigenvalue weighted by Crippen LogP contribution is -2.53. The number of nitrogens with zero attached hydrogens (tertiary/aromatic N) is 1. The molecule has 2 aliphatic heterocycles. The first-order chi connectivity index (χ1) is 15.7. The predicted molar refractivity (Wildman–Crippen MR) is 118 cm³/mol. The maximum Gasteiger partial charge on any atom is 0.238 e. The van der Waals surface area contributed by atoms with E-state index in [-0.39, 0.29) is 24.5 Å². The third kappa shape index (κ3) is 1.91. The summed E-state index contributed by atoms with van der Waals surface area (Å²) in [5, 5.41) is 0. The zero-order chi connectivity index (χ0) is 21.6. The number of fused-ring (bicyclic) bond motifs is 1. The summed E-state index contributed by atoms with van der Waals surface area (Å²) in [5.41, 5.74) is 4.80. The molecule has 2 amide bonds. The maximum absolute atomic E-state index is 14.1. The van der Waals surface area contributed by atoms with E-state index in [1.165, 1.54) is 27.2 Å². The van der Waals surface area contributed by atoms with Crippen LogP contribution in [0, 0.1) is 11.8 Å². The third-order valence-electron chi connectivity index (χ3n) is 7.97. The molecule has 3 aromatic carbocycles. The Morgan fingerprint density at radius 3 is 2.22 bits per heavy atom. The van der Waals surface area contributed by atoms with Gasteiger partial charge in [0, 0.05) is 17.4 Å². The van der Waals surface area contributed by atoms with E-state index < -0.39 is 17.3 Å². The van der Waals surface area contributed by atoms with Gasteiger partial charge < -0.3 is 9.47 Å². The number of imide groups is 1. The molecular weight excluding hydrogens is 402 g/mol. The van der Waals surface area contributed by atoms with Gasteiger partial charge in [0.05, 0.1) is 17.5 Å².